The molecule has 0 aliphatic carbocycles. The van der Waals surface area contributed by atoms with Crippen molar-refractivity contribution < 1.29 is 4.79 Å². The van der Waals surface area contributed by atoms with Crippen molar-refractivity contribution in [1.82, 2.24) is 0 Å². The fraction of sp³-hybridized carbons (Fsp3) is 0.385. The molecule has 0 saturated heterocycles. The van der Waals surface area contributed by atoms with Crippen LogP contribution in [0.1, 0.15) is 48.5 Å². The number of unbranched alkanes of at least 4 members (excludes halogenated alkanes) is 2. The molecule has 0 amide bonds. The molecule has 0 bridgehead atoms. The van der Waals surface area contributed by atoms with Crippen LogP contribution in [-0.4, -0.2) is 11.6 Å². The Morgan fingerprint density at radius 2 is 1.75 bits per heavy atom. The number of nitrogens with two attached hydrogens (primary N) is 1. The van der Waals surface area contributed by atoms with E-state index in [4.69, 9.17) is 11.1 Å². The summed E-state index contributed by atoms with van der Waals surface area (Å²) >= 11 is 0. The molecule has 0 aliphatic heterocycles. The highest BCUT2D eigenvalue weighted by atomic mass is 16.1. The number of nitrogens with one attached hydrogen (secondary N) is 1. The van der Waals surface area contributed by atoms with Gasteiger partial charge in [0.05, 0.1) is 0 Å². The SMILES string of the molecule is CCCCCC(=O)c1ccc(C(=N)N)cc1. The van der Waals surface area contributed by atoms with Crippen LogP contribution in [0.3, 0.4) is 0 Å². The van der Waals surface area contributed by atoms with E-state index < -0.39 is 0 Å². The average Bonchev–Trinajstić information content (AvgIpc) is 2.29. The van der Waals surface area contributed by atoms with E-state index in [1.165, 1.54) is 0 Å². The molecule has 0 atom stereocenters. The minimum absolute atomic E-state index is 0.0324. The first kappa shape index (κ1) is 12.4. The minimum Gasteiger partial charge on any atom is -0.384 e. The molecule has 0 saturated carbocycles. The van der Waals surface area contributed by atoms with Gasteiger partial charge in [0.15, 0.2) is 5.78 Å². The molecule has 3 heteroatoms. The lowest BCUT2D eigenvalue weighted by molar-refractivity contribution is 0.0979. The predicted molar refractivity (Wildman–Crippen MR) is 65.9 cm³/mol. The third-order valence-corrected chi connectivity index (χ3v) is 2.53. The molecule has 1 aromatic carbocycles. The smallest absolute Gasteiger partial charge is 0.162 e. The van der Waals surface area contributed by atoms with Crippen LogP contribution < -0.4 is 5.73 Å². The van der Waals surface area contributed by atoms with Crippen molar-refractivity contribution in [2.24, 2.45) is 5.73 Å². The number of ketones is 1. The van der Waals surface area contributed by atoms with Crippen molar-refractivity contribution in [3.05, 3.63) is 35.4 Å². The molecule has 0 fully saturated rings. The number of carbonyl (C=O) groups is 1. The Bertz CT molecular complexity index is 368. The summed E-state index contributed by atoms with van der Waals surface area (Å²) in [6.45, 7) is 2.12. The Morgan fingerprint density at radius 3 is 2.25 bits per heavy atom. The maximum absolute atomic E-state index is 11.7. The molecule has 0 radical (unpaired) electrons. The number of benzene rings is 1. The Hall–Kier alpha value is -1.64. The van der Waals surface area contributed by atoms with Gasteiger partial charge in [0.1, 0.15) is 5.84 Å². The zero-order chi connectivity index (χ0) is 12.0. The second kappa shape index (κ2) is 6.05. The number of nitrogen functional groups attached to an aromatic ring is 1. The number of hydrogen-bond acceptors (Lipinski definition) is 2. The zero-order valence-electron chi connectivity index (χ0n) is 9.62. The second-order valence-electron chi connectivity index (χ2n) is 3.87. The van der Waals surface area contributed by atoms with Gasteiger partial charge in [-0.1, -0.05) is 44.0 Å². The molecule has 0 heterocycles. The van der Waals surface area contributed by atoms with Crippen molar-refractivity contribution in [3.63, 3.8) is 0 Å². The number of carbonyl (C=O) groups excluding carboxylic acids is 1. The van der Waals surface area contributed by atoms with Crippen molar-refractivity contribution in [3.8, 4) is 0 Å². The molecule has 86 valence electrons. The summed E-state index contributed by atoms with van der Waals surface area (Å²) in [5, 5.41) is 7.24. The normalized spacial score (nSPS) is 10.1. The standard InChI is InChI=1S/C13H18N2O/c1-2-3-4-5-12(16)10-6-8-11(9-7-10)13(14)15/h6-9H,2-5H2,1H3,(H3,14,15). The Labute approximate surface area is 96.2 Å². The van der Waals surface area contributed by atoms with Gasteiger partial charge in [-0.15, -0.1) is 0 Å². The molecule has 0 unspecified atom stereocenters. The lowest BCUT2D eigenvalue weighted by atomic mass is 10.0. The summed E-state index contributed by atoms with van der Waals surface area (Å²) in [5.74, 6) is 0.202. The molecule has 3 N–H and O–H groups in total. The van der Waals surface area contributed by atoms with Gasteiger partial charge in [-0.2, -0.15) is 0 Å². The van der Waals surface area contributed by atoms with E-state index in [1.54, 1.807) is 24.3 Å². The van der Waals surface area contributed by atoms with Crippen LogP contribution in [0.5, 0.6) is 0 Å². The van der Waals surface area contributed by atoms with Crippen molar-refractivity contribution in [1.29, 1.82) is 5.41 Å². The quantitative estimate of drug-likeness (QED) is 0.333. The van der Waals surface area contributed by atoms with Crippen molar-refractivity contribution in [2.75, 3.05) is 0 Å². The van der Waals surface area contributed by atoms with Crippen LogP contribution in [0, 0.1) is 5.41 Å². The van der Waals surface area contributed by atoms with Gasteiger partial charge in [-0.3, -0.25) is 10.2 Å². The Morgan fingerprint density at radius 1 is 1.19 bits per heavy atom. The number of hydrogen-bond donors (Lipinski definition) is 2. The highest BCUT2D eigenvalue weighted by Gasteiger charge is 2.05. The molecular formula is C13H18N2O. The predicted octanol–water partition coefficient (Wildman–Crippen LogP) is 2.73. The molecular weight excluding hydrogens is 200 g/mol. The first-order valence-electron chi connectivity index (χ1n) is 5.62. The van der Waals surface area contributed by atoms with Gasteiger partial charge in [0.25, 0.3) is 0 Å². The topological polar surface area (TPSA) is 66.9 Å². The molecule has 0 aromatic heterocycles. The summed E-state index contributed by atoms with van der Waals surface area (Å²) in [7, 11) is 0. The highest BCUT2D eigenvalue weighted by molar-refractivity contribution is 5.99. The van der Waals surface area contributed by atoms with Crippen LogP contribution in [-0.2, 0) is 0 Å². The molecule has 3 nitrogen and oxygen atoms in total. The summed E-state index contributed by atoms with van der Waals surface area (Å²) in [4.78, 5) is 11.7. The summed E-state index contributed by atoms with van der Waals surface area (Å²) in [5.41, 5.74) is 6.70. The van der Waals surface area contributed by atoms with E-state index in [9.17, 15) is 4.79 Å². The lowest BCUT2D eigenvalue weighted by Gasteiger charge is -2.02. The third kappa shape index (κ3) is 3.50. The van der Waals surface area contributed by atoms with Crippen LogP contribution in [0.15, 0.2) is 24.3 Å². The molecule has 1 aromatic rings. The van der Waals surface area contributed by atoms with Crippen LogP contribution in [0.25, 0.3) is 0 Å². The van der Waals surface area contributed by atoms with Crippen LogP contribution >= 0.6 is 0 Å². The van der Waals surface area contributed by atoms with Gasteiger partial charge in [0, 0.05) is 17.5 Å². The maximum Gasteiger partial charge on any atom is 0.162 e. The van der Waals surface area contributed by atoms with E-state index in [0.29, 0.717) is 17.5 Å². The van der Waals surface area contributed by atoms with E-state index in [1.807, 2.05) is 0 Å². The summed E-state index contributed by atoms with van der Waals surface area (Å²) in [6.07, 6.45) is 3.77. The van der Waals surface area contributed by atoms with E-state index in [0.717, 1.165) is 19.3 Å². The fourth-order valence-electron chi connectivity index (χ4n) is 1.52. The van der Waals surface area contributed by atoms with E-state index in [2.05, 4.69) is 6.92 Å². The fourth-order valence-corrected chi connectivity index (χ4v) is 1.52. The van der Waals surface area contributed by atoms with E-state index >= 15 is 0 Å². The summed E-state index contributed by atoms with van der Waals surface area (Å²) in [6, 6.07) is 6.92. The van der Waals surface area contributed by atoms with Gasteiger partial charge < -0.3 is 5.73 Å². The van der Waals surface area contributed by atoms with Gasteiger partial charge in [-0.05, 0) is 6.42 Å². The van der Waals surface area contributed by atoms with E-state index in [-0.39, 0.29) is 11.6 Å². The molecule has 0 aliphatic rings. The van der Waals surface area contributed by atoms with Crippen LogP contribution in [0.2, 0.25) is 0 Å². The molecule has 0 spiro atoms. The first-order valence-corrected chi connectivity index (χ1v) is 5.62. The third-order valence-electron chi connectivity index (χ3n) is 2.53. The number of rotatable bonds is 6. The number of amidine groups is 1. The first-order chi connectivity index (χ1) is 7.65. The van der Waals surface area contributed by atoms with Gasteiger partial charge in [-0.25, -0.2) is 0 Å². The maximum atomic E-state index is 11.7. The van der Waals surface area contributed by atoms with Gasteiger partial charge in [0.2, 0.25) is 0 Å². The van der Waals surface area contributed by atoms with Gasteiger partial charge >= 0.3 is 0 Å². The van der Waals surface area contributed by atoms with Crippen LogP contribution in [0.4, 0.5) is 0 Å². The Kier molecular flexibility index (Phi) is 4.70. The largest absolute Gasteiger partial charge is 0.384 e. The van der Waals surface area contributed by atoms with Crippen molar-refractivity contribution >= 4 is 11.6 Å². The lowest BCUT2D eigenvalue weighted by Crippen LogP contribution is -2.11. The summed E-state index contributed by atoms with van der Waals surface area (Å²) < 4.78 is 0. The minimum atomic E-state index is 0.0324. The number of Topliss-reactive ketones (excluding diaryl/α,β-unsaturated/α-hetero) is 1. The second-order valence-corrected chi connectivity index (χ2v) is 3.87. The monoisotopic (exact) mass is 218 g/mol. The average molecular weight is 218 g/mol. The molecule has 1 rings (SSSR count). The zero-order valence-corrected chi connectivity index (χ0v) is 9.62. The Balaban J connectivity index is 2.59. The molecule has 16 heavy (non-hydrogen) atoms. The van der Waals surface area contributed by atoms with Crippen molar-refractivity contribution in [2.45, 2.75) is 32.6 Å². The highest BCUT2D eigenvalue weighted by Crippen LogP contribution is 2.09.